The van der Waals surface area contributed by atoms with Crippen LogP contribution in [0.2, 0.25) is 0 Å². The largest absolute Gasteiger partial charge is 0.462 e. The van der Waals surface area contributed by atoms with Gasteiger partial charge in [0, 0.05) is 19.3 Å². The van der Waals surface area contributed by atoms with E-state index in [1.165, 1.54) is 199 Å². The summed E-state index contributed by atoms with van der Waals surface area (Å²) >= 11 is 0. The molecule has 0 heterocycles. The molecule has 6 heteroatoms. The van der Waals surface area contributed by atoms with Crippen molar-refractivity contribution in [2.24, 2.45) is 0 Å². The highest BCUT2D eigenvalue weighted by atomic mass is 16.6. The van der Waals surface area contributed by atoms with E-state index in [1.54, 1.807) is 0 Å². The van der Waals surface area contributed by atoms with Gasteiger partial charge in [0.1, 0.15) is 13.2 Å². The molecular weight excluding hydrogens is 973 g/mol. The van der Waals surface area contributed by atoms with Gasteiger partial charge in [0.2, 0.25) is 0 Å². The lowest BCUT2D eigenvalue weighted by atomic mass is 10.0. The summed E-state index contributed by atoms with van der Waals surface area (Å²) in [6.07, 6.45) is 89.2. The summed E-state index contributed by atoms with van der Waals surface area (Å²) in [7, 11) is 0. The maximum Gasteiger partial charge on any atom is 0.306 e. The standard InChI is InChI=1S/C73H128O6/c1-4-7-10-13-16-18-20-22-24-26-28-29-30-31-32-33-34-35-36-37-38-39-40-41-42-43-45-46-48-50-52-54-57-60-63-66-72(75)78-69-70(68-77-71(74)65-62-59-56-15-12-9-6-3)79-73(76)67-64-61-58-55-53-51-49-47-44-27-25-23-21-19-17-14-11-8-5-2/h7,10,16,18,22,24,28-29,31-32,34-35,37-38,70H,4-6,8-9,11-15,17,19-21,23,25-27,30,33,36,39-69H2,1-3H3/b10-7-,18-16-,24-22-,29-28-,32-31-,35-34-,38-37-. The van der Waals surface area contributed by atoms with Crippen molar-refractivity contribution in [2.75, 3.05) is 13.2 Å². The zero-order valence-corrected chi connectivity index (χ0v) is 52.4. The van der Waals surface area contributed by atoms with E-state index in [1.807, 2.05) is 0 Å². The molecule has 0 saturated heterocycles. The highest BCUT2D eigenvalue weighted by Gasteiger charge is 2.19. The van der Waals surface area contributed by atoms with E-state index >= 15 is 0 Å². The van der Waals surface area contributed by atoms with Crippen LogP contribution in [0.1, 0.15) is 342 Å². The fourth-order valence-electron chi connectivity index (χ4n) is 9.84. The number of hydrogen-bond acceptors (Lipinski definition) is 6. The molecule has 0 N–H and O–H groups in total. The van der Waals surface area contributed by atoms with E-state index in [2.05, 4.69) is 106 Å². The van der Waals surface area contributed by atoms with Crippen LogP contribution in [0.15, 0.2) is 85.1 Å². The number of unbranched alkanes of at least 4 members (excludes halogenated alkanes) is 37. The fourth-order valence-corrected chi connectivity index (χ4v) is 9.84. The second-order valence-electron chi connectivity index (χ2n) is 22.7. The minimum absolute atomic E-state index is 0.0708. The van der Waals surface area contributed by atoms with Crippen molar-refractivity contribution in [1.29, 1.82) is 0 Å². The first-order valence-corrected chi connectivity index (χ1v) is 34.1. The zero-order chi connectivity index (χ0) is 57.1. The molecule has 0 saturated carbocycles. The summed E-state index contributed by atoms with van der Waals surface area (Å²) in [5.41, 5.74) is 0. The monoisotopic (exact) mass is 1100 g/mol. The first-order valence-electron chi connectivity index (χ1n) is 34.1. The lowest BCUT2D eigenvalue weighted by Gasteiger charge is -2.18. The minimum Gasteiger partial charge on any atom is -0.462 e. The summed E-state index contributed by atoms with van der Waals surface area (Å²) in [4.78, 5) is 38.1. The molecule has 1 atom stereocenters. The predicted molar refractivity (Wildman–Crippen MR) is 344 cm³/mol. The van der Waals surface area contributed by atoms with Crippen LogP contribution in [-0.2, 0) is 28.6 Å². The molecule has 0 spiro atoms. The van der Waals surface area contributed by atoms with Crippen molar-refractivity contribution in [3.05, 3.63) is 85.1 Å². The number of rotatable bonds is 62. The second kappa shape index (κ2) is 67.1. The first-order chi connectivity index (χ1) is 39.0. The lowest BCUT2D eigenvalue weighted by molar-refractivity contribution is -0.167. The summed E-state index contributed by atoms with van der Waals surface area (Å²) in [5, 5.41) is 0. The highest BCUT2D eigenvalue weighted by molar-refractivity contribution is 5.71. The second-order valence-corrected chi connectivity index (χ2v) is 22.7. The Kier molecular flexibility index (Phi) is 64.2. The van der Waals surface area contributed by atoms with Gasteiger partial charge in [-0.25, -0.2) is 0 Å². The molecule has 6 nitrogen and oxygen atoms in total. The number of hydrogen-bond donors (Lipinski definition) is 0. The van der Waals surface area contributed by atoms with Crippen molar-refractivity contribution in [1.82, 2.24) is 0 Å². The lowest BCUT2D eigenvalue weighted by Crippen LogP contribution is -2.30. The van der Waals surface area contributed by atoms with E-state index in [-0.39, 0.29) is 31.1 Å². The molecule has 0 radical (unpaired) electrons. The van der Waals surface area contributed by atoms with Crippen LogP contribution in [0.4, 0.5) is 0 Å². The van der Waals surface area contributed by atoms with Gasteiger partial charge >= 0.3 is 17.9 Å². The van der Waals surface area contributed by atoms with Crippen LogP contribution in [0, 0.1) is 0 Å². The Labute approximate surface area is 490 Å². The summed E-state index contributed by atoms with van der Waals surface area (Å²) in [5.74, 6) is -0.861. The molecule has 0 amide bonds. The molecular formula is C73H128O6. The van der Waals surface area contributed by atoms with Gasteiger partial charge in [-0.05, 0) is 77.0 Å². The van der Waals surface area contributed by atoms with E-state index < -0.39 is 6.10 Å². The van der Waals surface area contributed by atoms with E-state index in [0.29, 0.717) is 19.3 Å². The van der Waals surface area contributed by atoms with Crippen LogP contribution in [0.3, 0.4) is 0 Å². The van der Waals surface area contributed by atoms with Crippen LogP contribution in [-0.4, -0.2) is 37.2 Å². The van der Waals surface area contributed by atoms with E-state index in [0.717, 1.165) is 103 Å². The Balaban J connectivity index is 4.03. The molecule has 0 aliphatic rings. The van der Waals surface area contributed by atoms with Gasteiger partial charge in [0.15, 0.2) is 6.10 Å². The Hall–Kier alpha value is -3.41. The molecule has 456 valence electrons. The number of ether oxygens (including phenoxy) is 3. The quantitative estimate of drug-likeness (QED) is 0.0261. The summed E-state index contributed by atoms with van der Waals surface area (Å²) < 4.78 is 16.9. The average Bonchev–Trinajstić information content (AvgIpc) is 3.45. The average molecular weight is 1100 g/mol. The van der Waals surface area contributed by atoms with Gasteiger partial charge in [0.25, 0.3) is 0 Å². The van der Waals surface area contributed by atoms with Crippen LogP contribution in [0.25, 0.3) is 0 Å². The number of esters is 3. The normalized spacial score (nSPS) is 12.6. The van der Waals surface area contributed by atoms with Crippen molar-refractivity contribution < 1.29 is 28.6 Å². The highest BCUT2D eigenvalue weighted by Crippen LogP contribution is 2.18. The Morgan fingerprint density at radius 1 is 0.266 bits per heavy atom. The maximum atomic E-state index is 12.9. The first kappa shape index (κ1) is 75.6. The predicted octanol–water partition coefficient (Wildman–Crippen LogP) is 23.4. The third kappa shape index (κ3) is 65.3. The van der Waals surface area contributed by atoms with Crippen LogP contribution >= 0.6 is 0 Å². The number of allylic oxidation sites excluding steroid dienone is 14. The Morgan fingerprint density at radius 3 is 0.772 bits per heavy atom. The zero-order valence-electron chi connectivity index (χ0n) is 52.4. The molecule has 79 heavy (non-hydrogen) atoms. The molecule has 0 fully saturated rings. The van der Waals surface area contributed by atoms with Crippen LogP contribution in [0.5, 0.6) is 0 Å². The van der Waals surface area contributed by atoms with Gasteiger partial charge in [-0.15, -0.1) is 0 Å². The Bertz CT molecular complexity index is 1500. The minimum atomic E-state index is -0.771. The third-order valence-corrected chi connectivity index (χ3v) is 14.9. The topological polar surface area (TPSA) is 78.9 Å². The number of carbonyl (C=O) groups excluding carboxylic acids is 3. The van der Waals surface area contributed by atoms with Crippen molar-refractivity contribution in [2.45, 2.75) is 348 Å². The van der Waals surface area contributed by atoms with Gasteiger partial charge < -0.3 is 14.2 Å². The van der Waals surface area contributed by atoms with Gasteiger partial charge in [-0.1, -0.05) is 331 Å². The Morgan fingerprint density at radius 2 is 0.494 bits per heavy atom. The molecule has 0 bridgehead atoms. The van der Waals surface area contributed by atoms with Crippen LogP contribution < -0.4 is 0 Å². The maximum absolute atomic E-state index is 12.9. The smallest absolute Gasteiger partial charge is 0.306 e. The van der Waals surface area contributed by atoms with Crippen molar-refractivity contribution in [3.8, 4) is 0 Å². The molecule has 0 aromatic heterocycles. The van der Waals surface area contributed by atoms with E-state index in [9.17, 15) is 14.4 Å². The number of carbonyl (C=O) groups is 3. The fraction of sp³-hybridized carbons (Fsp3) is 0.767. The molecule has 0 aliphatic carbocycles. The van der Waals surface area contributed by atoms with Crippen molar-refractivity contribution in [3.63, 3.8) is 0 Å². The van der Waals surface area contributed by atoms with Gasteiger partial charge in [0.05, 0.1) is 0 Å². The summed E-state index contributed by atoms with van der Waals surface area (Å²) in [6.45, 7) is 6.53. The molecule has 0 aromatic rings. The van der Waals surface area contributed by atoms with E-state index in [4.69, 9.17) is 14.2 Å². The SMILES string of the molecule is CC/C=C\C/C=C\C/C=C\C/C=C\C/C=C\C/C=C\C/C=C\CCCCCCCCCCCCCCCC(=O)OCC(COC(=O)CCCCCCCCC)OC(=O)CCCCCCCCCCCCCCCCCCCCC. The van der Waals surface area contributed by atoms with Crippen molar-refractivity contribution >= 4 is 17.9 Å². The molecule has 1 unspecified atom stereocenters. The summed E-state index contributed by atoms with van der Waals surface area (Å²) in [6, 6.07) is 0. The molecule has 0 aromatic carbocycles. The third-order valence-electron chi connectivity index (χ3n) is 14.9. The van der Waals surface area contributed by atoms with Gasteiger partial charge in [-0.3, -0.25) is 14.4 Å². The molecule has 0 rings (SSSR count). The molecule has 0 aliphatic heterocycles. The van der Waals surface area contributed by atoms with Gasteiger partial charge in [-0.2, -0.15) is 0 Å².